The summed E-state index contributed by atoms with van der Waals surface area (Å²) < 4.78 is 0. The fourth-order valence-electron chi connectivity index (χ4n) is 5.37. The molecule has 0 heterocycles. The maximum atomic E-state index is 2.53. The smallest absolute Gasteiger partial charge is 0.0152 e. The molecule has 0 heteroatoms. The highest BCUT2D eigenvalue weighted by molar-refractivity contribution is 5.87. The first-order valence-corrected chi connectivity index (χ1v) is 8.43. The molecule has 2 aromatic carbocycles. The third-order valence-electron chi connectivity index (χ3n) is 6.48. The van der Waals surface area contributed by atoms with Crippen LogP contribution in [0.5, 0.6) is 0 Å². The van der Waals surface area contributed by atoms with Gasteiger partial charge in [-0.05, 0) is 83.7 Å². The number of fused-ring (bicyclic) bond motifs is 5. The lowest BCUT2D eigenvalue weighted by Gasteiger charge is -2.40. The summed E-state index contributed by atoms with van der Waals surface area (Å²) >= 11 is 0. The van der Waals surface area contributed by atoms with E-state index in [4.69, 9.17) is 0 Å². The summed E-state index contributed by atoms with van der Waals surface area (Å²) in [5.41, 5.74) is 5.28. The van der Waals surface area contributed by atoms with E-state index < -0.39 is 0 Å². The first-order chi connectivity index (χ1) is 10.2. The fourth-order valence-corrected chi connectivity index (χ4v) is 5.37. The van der Waals surface area contributed by atoms with Gasteiger partial charge in [0.2, 0.25) is 0 Å². The Hall–Kier alpha value is -1.56. The van der Waals surface area contributed by atoms with E-state index in [0.29, 0.717) is 5.41 Å². The second-order valence-corrected chi connectivity index (χ2v) is 7.65. The molecule has 3 atom stereocenters. The van der Waals surface area contributed by atoms with E-state index in [1.807, 2.05) is 0 Å². The van der Waals surface area contributed by atoms with Gasteiger partial charge in [-0.1, -0.05) is 42.5 Å². The summed E-state index contributed by atoms with van der Waals surface area (Å²) in [4.78, 5) is 0. The summed E-state index contributed by atoms with van der Waals surface area (Å²) in [6.07, 6.45) is 11.9. The number of benzene rings is 2. The average molecular weight is 274 g/mol. The Labute approximate surface area is 126 Å². The third kappa shape index (κ3) is 1.62. The van der Waals surface area contributed by atoms with Crippen molar-refractivity contribution in [3.05, 3.63) is 59.2 Å². The molecule has 0 saturated heterocycles. The number of allylic oxidation sites excluding steroid dienone is 2. The van der Waals surface area contributed by atoms with E-state index in [2.05, 4.69) is 49.4 Å². The molecular weight excluding hydrogens is 252 g/mol. The molecule has 3 aliphatic carbocycles. The highest BCUT2D eigenvalue weighted by atomic mass is 14.5. The van der Waals surface area contributed by atoms with Gasteiger partial charge in [0, 0.05) is 0 Å². The van der Waals surface area contributed by atoms with Crippen molar-refractivity contribution in [2.75, 3.05) is 0 Å². The molecule has 0 aromatic heterocycles. The molecule has 0 N–H and O–H groups in total. The Bertz CT molecular complexity index is 767. The first-order valence-electron chi connectivity index (χ1n) is 8.43. The standard InChI is InChI=1S/C21H22/c1-14-3-2-4-17-10-18-13-21(8-7-16(18)11-20(14)17)12-15-5-6-19(21)9-15/h2-6,10-11,15,19H,7-9,12-13H2,1H3. The van der Waals surface area contributed by atoms with Crippen LogP contribution >= 0.6 is 0 Å². The second-order valence-electron chi connectivity index (χ2n) is 7.65. The molecular formula is C21H22. The van der Waals surface area contributed by atoms with E-state index in [1.54, 1.807) is 11.1 Å². The highest BCUT2D eigenvalue weighted by Gasteiger charge is 2.49. The summed E-state index contributed by atoms with van der Waals surface area (Å²) in [5, 5.41) is 2.89. The lowest BCUT2D eigenvalue weighted by Crippen LogP contribution is -2.32. The van der Waals surface area contributed by atoms with Crippen molar-refractivity contribution in [3.63, 3.8) is 0 Å². The Morgan fingerprint density at radius 1 is 1.10 bits per heavy atom. The van der Waals surface area contributed by atoms with Crippen LogP contribution in [0.2, 0.25) is 0 Å². The molecule has 1 saturated carbocycles. The summed E-state index contributed by atoms with van der Waals surface area (Å²) in [6.45, 7) is 2.24. The normalized spacial score (nSPS) is 33.0. The van der Waals surface area contributed by atoms with Crippen LogP contribution in [0.4, 0.5) is 0 Å². The van der Waals surface area contributed by atoms with Crippen molar-refractivity contribution in [2.24, 2.45) is 17.3 Å². The van der Waals surface area contributed by atoms with Crippen LogP contribution in [0.1, 0.15) is 36.0 Å². The monoisotopic (exact) mass is 274 g/mol. The van der Waals surface area contributed by atoms with Crippen LogP contribution in [0.25, 0.3) is 10.8 Å². The van der Waals surface area contributed by atoms with Crippen LogP contribution in [-0.4, -0.2) is 0 Å². The maximum Gasteiger partial charge on any atom is -0.0152 e. The minimum absolute atomic E-state index is 0.601. The summed E-state index contributed by atoms with van der Waals surface area (Å²) in [5.74, 6) is 1.75. The topological polar surface area (TPSA) is 0 Å². The van der Waals surface area contributed by atoms with Gasteiger partial charge < -0.3 is 0 Å². The van der Waals surface area contributed by atoms with Gasteiger partial charge in [-0.2, -0.15) is 0 Å². The maximum absolute atomic E-state index is 2.53. The van der Waals surface area contributed by atoms with E-state index in [0.717, 1.165) is 11.8 Å². The Morgan fingerprint density at radius 3 is 2.86 bits per heavy atom. The van der Waals surface area contributed by atoms with Gasteiger partial charge >= 0.3 is 0 Å². The van der Waals surface area contributed by atoms with Crippen LogP contribution in [0, 0.1) is 24.2 Å². The van der Waals surface area contributed by atoms with Crippen LogP contribution < -0.4 is 0 Å². The van der Waals surface area contributed by atoms with E-state index >= 15 is 0 Å². The fraction of sp³-hybridized carbons (Fsp3) is 0.429. The molecule has 5 rings (SSSR count). The minimum atomic E-state index is 0.601. The molecule has 1 spiro atoms. The Kier molecular flexibility index (Phi) is 2.29. The van der Waals surface area contributed by atoms with E-state index in [-0.39, 0.29) is 0 Å². The minimum Gasteiger partial charge on any atom is -0.0851 e. The highest BCUT2D eigenvalue weighted by Crippen LogP contribution is 2.57. The zero-order chi connectivity index (χ0) is 14.0. The van der Waals surface area contributed by atoms with Crippen LogP contribution in [-0.2, 0) is 12.8 Å². The first kappa shape index (κ1) is 12.0. The van der Waals surface area contributed by atoms with Crippen molar-refractivity contribution in [3.8, 4) is 0 Å². The lowest BCUT2D eigenvalue weighted by atomic mass is 9.64. The van der Waals surface area contributed by atoms with E-state index in [9.17, 15) is 0 Å². The van der Waals surface area contributed by atoms with Crippen molar-refractivity contribution in [1.82, 2.24) is 0 Å². The van der Waals surface area contributed by atoms with Crippen LogP contribution in [0.15, 0.2) is 42.5 Å². The SMILES string of the molecule is Cc1cccc2cc3c(cc12)CCC1(C3)CC2C=CC1C2. The van der Waals surface area contributed by atoms with Crippen molar-refractivity contribution in [1.29, 1.82) is 0 Å². The molecule has 2 bridgehead atoms. The van der Waals surface area contributed by atoms with Gasteiger partial charge in [0.05, 0.1) is 0 Å². The zero-order valence-corrected chi connectivity index (χ0v) is 12.7. The molecule has 3 unspecified atom stereocenters. The van der Waals surface area contributed by atoms with Gasteiger partial charge in [0.15, 0.2) is 0 Å². The number of hydrogen-bond acceptors (Lipinski definition) is 0. The number of hydrogen-bond donors (Lipinski definition) is 0. The molecule has 1 fully saturated rings. The largest absolute Gasteiger partial charge is 0.0851 e. The molecule has 0 nitrogen and oxygen atoms in total. The second kappa shape index (κ2) is 4.00. The quantitative estimate of drug-likeness (QED) is 0.578. The molecule has 2 aromatic rings. The average Bonchev–Trinajstić information content (AvgIpc) is 3.07. The predicted molar refractivity (Wildman–Crippen MR) is 88.5 cm³/mol. The lowest BCUT2D eigenvalue weighted by molar-refractivity contribution is 0.195. The third-order valence-corrected chi connectivity index (χ3v) is 6.48. The zero-order valence-electron chi connectivity index (χ0n) is 12.7. The molecule has 0 aliphatic heterocycles. The molecule has 106 valence electrons. The summed E-state index contributed by atoms with van der Waals surface area (Å²) in [6, 6.07) is 11.7. The van der Waals surface area contributed by atoms with Crippen molar-refractivity contribution in [2.45, 2.75) is 39.0 Å². The van der Waals surface area contributed by atoms with Gasteiger partial charge in [-0.15, -0.1) is 0 Å². The predicted octanol–water partition coefficient (Wildman–Crippen LogP) is 5.22. The Balaban J connectivity index is 1.62. The molecule has 0 amide bonds. The van der Waals surface area contributed by atoms with Crippen molar-refractivity contribution >= 4 is 10.8 Å². The van der Waals surface area contributed by atoms with Gasteiger partial charge in [-0.3, -0.25) is 0 Å². The molecule has 3 aliphatic rings. The Morgan fingerprint density at radius 2 is 2.05 bits per heavy atom. The number of aryl methyl sites for hydroxylation is 2. The van der Waals surface area contributed by atoms with Crippen LogP contribution in [0.3, 0.4) is 0 Å². The van der Waals surface area contributed by atoms with Gasteiger partial charge in [0.1, 0.15) is 0 Å². The van der Waals surface area contributed by atoms with Gasteiger partial charge in [-0.25, -0.2) is 0 Å². The number of rotatable bonds is 0. The summed E-state index contributed by atoms with van der Waals surface area (Å²) in [7, 11) is 0. The molecule has 0 radical (unpaired) electrons. The van der Waals surface area contributed by atoms with E-state index in [1.165, 1.54) is 48.4 Å². The van der Waals surface area contributed by atoms with Gasteiger partial charge in [0.25, 0.3) is 0 Å². The van der Waals surface area contributed by atoms with Crippen molar-refractivity contribution < 1.29 is 0 Å². The molecule has 21 heavy (non-hydrogen) atoms.